The average Bonchev–Trinajstić information content (AvgIpc) is 2.98. The molecule has 0 bridgehead atoms. The zero-order valence-electron chi connectivity index (χ0n) is 23.4. The second-order valence-electron chi connectivity index (χ2n) is 10.4. The standard InChI is InChI=1S/C34H36N6O/c1-26-18-28(21-39(23-30-11-4-7-15-36-30)20-27-10-2-3-14-33(27)35)34(41)29(19-26)22-40(24-31-12-5-8-16-37-31)25-32-13-6-9-17-38-32/h2-19,41H,20-25,35H2,1H3. The van der Waals surface area contributed by atoms with E-state index < -0.39 is 0 Å². The van der Waals surface area contributed by atoms with E-state index in [2.05, 4.69) is 49.9 Å². The van der Waals surface area contributed by atoms with Crippen molar-refractivity contribution in [3.8, 4) is 5.75 Å². The highest BCUT2D eigenvalue weighted by molar-refractivity contribution is 5.47. The molecule has 0 aliphatic rings. The Balaban J connectivity index is 1.42. The second kappa shape index (κ2) is 13.7. The molecular weight excluding hydrogens is 508 g/mol. The molecule has 3 aromatic heterocycles. The van der Waals surface area contributed by atoms with E-state index in [1.54, 1.807) is 0 Å². The van der Waals surface area contributed by atoms with Crippen molar-refractivity contribution in [1.29, 1.82) is 0 Å². The van der Waals surface area contributed by atoms with Crippen LogP contribution in [0, 0.1) is 6.92 Å². The average molecular weight is 545 g/mol. The lowest BCUT2D eigenvalue weighted by Crippen LogP contribution is -2.25. The van der Waals surface area contributed by atoms with Gasteiger partial charge < -0.3 is 10.8 Å². The summed E-state index contributed by atoms with van der Waals surface area (Å²) in [5.41, 5.74) is 13.9. The van der Waals surface area contributed by atoms with E-state index in [0.29, 0.717) is 45.0 Å². The lowest BCUT2D eigenvalue weighted by atomic mass is 10.0. The zero-order chi connectivity index (χ0) is 28.4. The molecule has 2 aromatic carbocycles. The number of nitrogen functional groups attached to an aromatic ring is 1. The van der Waals surface area contributed by atoms with Gasteiger partial charge in [0.25, 0.3) is 0 Å². The Morgan fingerprint density at radius 1 is 0.561 bits per heavy atom. The third kappa shape index (κ3) is 7.97. The largest absolute Gasteiger partial charge is 0.507 e. The fraction of sp³-hybridized carbons (Fsp3) is 0.206. The summed E-state index contributed by atoms with van der Waals surface area (Å²) >= 11 is 0. The number of hydrogen-bond donors (Lipinski definition) is 2. The number of phenolic OH excluding ortho intramolecular Hbond substituents is 1. The Hall–Kier alpha value is -4.59. The SMILES string of the molecule is Cc1cc(CN(Cc2ccccn2)Cc2ccccn2)c(O)c(CN(Cc2ccccn2)Cc2ccccc2N)c1. The first-order valence-electron chi connectivity index (χ1n) is 13.8. The van der Waals surface area contributed by atoms with Gasteiger partial charge in [-0.25, -0.2) is 0 Å². The molecule has 0 aliphatic heterocycles. The molecule has 7 heteroatoms. The predicted octanol–water partition coefficient (Wildman–Crippen LogP) is 5.87. The van der Waals surface area contributed by atoms with Crippen LogP contribution in [0.3, 0.4) is 0 Å². The van der Waals surface area contributed by atoms with Crippen molar-refractivity contribution in [3.05, 3.63) is 149 Å². The Bertz CT molecular complexity index is 1490. The van der Waals surface area contributed by atoms with Gasteiger partial charge in [-0.05, 0) is 55.0 Å². The highest BCUT2D eigenvalue weighted by Crippen LogP contribution is 2.29. The number of nitrogens with two attached hydrogens (primary N) is 1. The van der Waals surface area contributed by atoms with Gasteiger partial charge in [-0.3, -0.25) is 24.8 Å². The summed E-state index contributed by atoms with van der Waals surface area (Å²) in [7, 11) is 0. The molecule has 208 valence electrons. The molecule has 0 spiro atoms. The molecule has 0 radical (unpaired) electrons. The first kappa shape index (κ1) is 28.0. The molecule has 0 saturated carbocycles. The van der Waals surface area contributed by atoms with E-state index in [1.807, 2.05) is 91.4 Å². The maximum absolute atomic E-state index is 11.6. The molecule has 0 atom stereocenters. The third-order valence-electron chi connectivity index (χ3n) is 6.98. The van der Waals surface area contributed by atoms with Crippen LogP contribution >= 0.6 is 0 Å². The molecule has 3 N–H and O–H groups in total. The lowest BCUT2D eigenvalue weighted by molar-refractivity contribution is 0.232. The van der Waals surface area contributed by atoms with E-state index in [-0.39, 0.29) is 0 Å². The minimum atomic E-state index is 0.315. The van der Waals surface area contributed by atoms with Crippen LogP contribution < -0.4 is 5.73 Å². The molecule has 0 unspecified atom stereocenters. The van der Waals surface area contributed by atoms with Crippen LogP contribution in [0.4, 0.5) is 5.69 Å². The maximum atomic E-state index is 11.6. The molecule has 5 rings (SSSR count). The second-order valence-corrected chi connectivity index (χ2v) is 10.4. The summed E-state index contributed by atoms with van der Waals surface area (Å²) in [5, 5.41) is 11.6. The van der Waals surface area contributed by atoms with Crippen molar-refractivity contribution < 1.29 is 5.11 Å². The lowest BCUT2D eigenvalue weighted by Gasteiger charge is -2.26. The predicted molar refractivity (Wildman–Crippen MR) is 162 cm³/mol. The molecule has 3 heterocycles. The molecule has 0 saturated heterocycles. The van der Waals surface area contributed by atoms with Gasteiger partial charge >= 0.3 is 0 Å². The van der Waals surface area contributed by atoms with Crippen LogP contribution in [0.15, 0.2) is 110 Å². The first-order chi connectivity index (χ1) is 20.0. The van der Waals surface area contributed by atoms with E-state index in [0.717, 1.165) is 45.0 Å². The monoisotopic (exact) mass is 544 g/mol. The number of benzene rings is 2. The van der Waals surface area contributed by atoms with Gasteiger partial charge in [0.15, 0.2) is 0 Å². The minimum absolute atomic E-state index is 0.315. The molecule has 7 nitrogen and oxygen atoms in total. The third-order valence-corrected chi connectivity index (χ3v) is 6.98. The Labute approximate surface area is 242 Å². The molecular formula is C34H36N6O. The highest BCUT2D eigenvalue weighted by atomic mass is 16.3. The number of phenols is 1. The summed E-state index contributed by atoms with van der Waals surface area (Å²) in [4.78, 5) is 18.2. The molecule has 5 aromatic rings. The van der Waals surface area contributed by atoms with Gasteiger partial charge in [-0.15, -0.1) is 0 Å². The highest BCUT2D eigenvalue weighted by Gasteiger charge is 2.18. The fourth-order valence-electron chi connectivity index (χ4n) is 5.07. The van der Waals surface area contributed by atoms with Gasteiger partial charge in [-0.2, -0.15) is 0 Å². The minimum Gasteiger partial charge on any atom is -0.507 e. The summed E-state index contributed by atoms with van der Waals surface area (Å²) in [6, 6.07) is 29.9. The number of aromatic hydroxyl groups is 1. The van der Waals surface area contributed by atoms with E-state index in [9.17, 15) is 5.11 Å². The van der Waals surface area contributed by atoms with Crippen LogP contribution in [0.2, 0.25) is 0 Å². The number of pyridine rings is 3. The van der Waals surface area contributed by atoms with Gasteiger partial charge in [-0.1, -0.05) is 54.1 Å². The van der Waals surface area contributed by atoms with Crippen LogP contribution in [0.5, 0.6) is 5.75 Å². The maximum Gasteiger partial charge on any atom is 0.124 e. The van der Waals surface area contributed by atoms with Crippen LogP contribution in [-0.2, 0) is 39.3 Å². The van der Waals surface area contributed by atoms with Crippen LogP contribution in [0.1, 0.15) is 39.3 Å². The molecule has 0 aliphatic carbocycles. The van der Waals surface area contributed by atoms with Crippen molar-refractivity contribution >= 4 is 5.69 Å². The molecule has 0 amide bonds. The van der Waals surface area contributed by atoms with Crippen molar-refractivity contribution in [1.82, 2.24) is 24.8 Å². The Kier molecular flexibility index (Phi) is 9.31. The zero-order valence-corrected chi connectivity index (χ0v) is 23.4. The Morgan fingerprint density at radius 3 is 1.41 bits per heavy atom. The number of rotatable bonds is 12. The molecule has 41 heavy (non-hydrogen) atoms. The van der Waals surface area contributed by atoms with E-state index in [4.69, 9.17) is 5.73 Å². The van der Waals surface area contributed by atoms with Crippen LogP contribution in [-0.4, -0.2) is 29.9 Å². The van der Waals surface area contributed by atoms with Gasteiger partial charge in [0.1, 0.15) is 5.75 Å². The van der Waals surface area contributed by atoms with Crippen molar-refractivity contribution in [2.45, 2.75) is 46.2 Å². The van der Waals surface area contributed by atoms with Crippen molar-refractivity contribution in [2.75, 3.05) is 5.73 Å². The summed E-state index contributed by atoms with van der Waals surface area (Å²) in [6.07, 6.45) is 5.43. The first-order valence-corrected chi connectivity index (χ1v) is 13.8. The van der Waals surface area contributed by atoms with Gasteiger partial charge in [0.05, 0.1) is 17.1 Å². The van der Waals surface area contributed by atoms with E-state index >= 15 is 0 Å². The molecule has 0 fully saturated rings. The number of hydrogen-bond acceptors (Lipinski definition) is 7. The summed E-state index contributed by atoms with van der Waals surface area (Å²) < 4.78 is 0. The number of nitrogens with zero attached hydrogens (tertiary/aromatic N) is 5. The van der Waals surface area contributed by atoms with Gasteiger partial charge in [0.2, 0.25) is 0 Å². The normalized spacial score (nSPS) is 11.3. The number of anilines is 1. The quantitative estimate of drug-likeness (QED) is 0.190. The Morgan fingerprint density at radius 2 is 0.976 bits per heavy atom. The number of aromatic nitrogens is 3. The number of para-hydroxylation sites is 1. The topological polar surface area (TPSA) is 91.4 Å². The van der Waals surface area contributed by atoms with Gasteiger partial charge in [0, 0.05) is 74.7 Å². The van der Waals surface area contributed by atoms with E-state index in [1.165, 1.54) is 0 Å². The summed E-state index contributed by atoms with van der Waals surface area (Å²) in [5.74, 6) is 0.315. The number of aryl methyl sites for hydroxylation is 1. The smallest absolute Gasteiger partial charge is 0.124 e. The summed E-state index contributed by atoms with van der Waals surface area (Å²) in [6.45, 7) is 5.72. The van der Waals surface area contributed by atoms with Crippen molar-refractivity contribution in [2.24, 2.45) is 0 Å². The van der Waals surface area contributed by atoms with Crippen molar-refractivity contribution in [3.63, 3.8) is 0 Å². The van der Waals surface area contributed by atoms with Crippen LogP contribution in [0.25, 0.3) is 0 Å². The fourth-order valence-corrected chi connectivity index (χ4v) is 5.07.